The molecule has 0 spiro atoms. The highest BCUT2D eigenvalue weighted by Crippen LogP contribution is 2.28. The third-order valence-electron chi connectivity index (χ3n) is 3.84. The molecule has 0 saturated carbocycles. The van der Waals surface area contributed by atoms with Crippen molar-refractivity contribution in [3.63, 3.8) is 0 Å². The van der Waals surface area contributed by atoms with E-state index in [0.29, 0.717) is 5.57 Å². The predicted molar refractivity (Wildman–Crippen MR) is 101 cm³/mol. The first-order valence-electron chi connectivity index (χ1n) is 9.06. The van der Waals surface area contributed by atoms with Gasteiger partial charge >= 0.3 is 12.1 Å². The smallest absolute Gasteiger partial charge is 0.418 e. The van der Waals surface area contributed by atoms with Crippen LogP contribution in [0.15, 0.2) is 42.0 Å². The summed E-state index contributed by atoms with van der Waals surface area (Å²) in [7, 11) is 0. The van der Waals surface area contributed by atoms with E-state index < -0.39 is 29.6 Å². The van der Waals surface area contributed by atoms with Crippen LogP contribution in [0.5, 0.6) is 0 Å². The van der Waals surface area contributed by atoms with E-state index >= 15 is 0 Å². The second kappa shape index (κ2) is 8.37. The van der Waals surface area contributed by atoms with Gasteiger partial charge in [-0.15, -0.1) is 0 Å². The van der Waals surface area contributed by atoms with Gasteiger partial charge in [0.25, 0.3) is 5.91 Å². The molecule has 6 nitrogen and oxygen atoms in total. The molecule has 1 heterocycles. The average molecular weight is 373 g/mol. The Labute approximate surface area is 160 Å². The molecule has 1 aliphatic rings. The predicted octanol–water partition coefficient (Wildman–Crippen LogP) is 3.85. The molecule has 0 bridgehead atoms. The van der Waals surface area contributed by atoms with Gasteiger partial charge in [0.05, 0.1) is 0 Å². The molecular formula is C21H27NO5. The normalized spacial score (nSPS) is 18.9. The number of allylic oxidation sites excluding steroid dienone is 1. The molecule has 0 aliphatic carbocycles. The van der Waals surface area contributed by atoms with Crippen molar-refractivity contribution in [1.29, 1.82) is 0 Å². The summed E-state index contributed by atoms with van der Waals surface area (Å²) >= 11 is 0. The van der Waals surface area contributed by atoms with E-state index in [1.165, 1.54) is 0 Å². The quantitative estimate of drug-likeness (QED) is 0.592. The molecule has 27 heavy (non-hydrogen) atoms. The van der Waals surface area contributed by atoms with Crippen molar-refractivity contribution < 1.29 is 23.9 Å². The maximum Gasteiger partial charge on any atom is 0.418 e. The number of nitrogens with zero attached hydrogens (tertiary/aromatic N) is 1. The highest BCUT2D eigenvalue weighted by Gasteiger charge is 2.46. The van der Waals surface area contributed by atoms with Crippen LogP contribution in [0.2, 0.25) is 0 Å². The number of carbonyl (C=O) groups is 3. The Bertz CT molecular complexity index is 731. The van der Waals surface area contributed by atoms with Crippen molar-refractivity contribution >= 4 is 18.0 Å². The lowest BCUT2D eigenvalue weighted by molar-refractivity contribution is -0.152. The van der Waals surface area contributed by atoms with Crippen LogP contribution in [0.4, 0.5) is 4.79 Å². The fraction of sp³-hybridized carbons (Fsp3) is 0.476. The van der Waals surface area contributed by atoms with Crippen LogP contribution in [0.25, 0.3) is 0 Å². The molecule has 0 unspecified atom stereocenters. The van der Waals surface area contributed by atoms with Gasteiger partial charge in [-0.05, 0) is 32.3 Å². The summed E-state index contributed by atoms with van der Waals surface area (Å²) in [5.41, 5.74) is 0.481. The summed E-state index contributed by atoms with van der Waals surface area (Å²) in [5, 5.41) is 0. The van der Waals surface area contributed by atoms with Crippen molar-refractivity contribution in [2.24, 2.45) is 5.92 Å². The standard InChI is InChI=1S/C21H27NO5/c1-14(2)11-16-12-17(19(24)26-13-15-9-7-6-8-10-15)22(18(16)23)20(25)27-21(3,4)5/h6-11,14,17H,12-13H2,1-5H3/t17-/m0/s1. The van der Waals surface area contributed by atoms with E-state index in [1.807, 2.05) is 44.2 Å². The lowest BCUT2D eigenvalue weighted by Crippen LogP contribution is -2.46. The Balaban J connectivity index is 2.19. The molecule has 0 aromatic heterocycles. The number of hydrogen-bond donors (Lipinski definition) is 0. The summed E-state index contributed by atoms with van der Waals surface area (Å²) in [6.45, 7) is 9.06. The molecule has 0 N–H and O–H groups in total. The minimum atomic E-state index is -1.01. The van der Waals surface area contributed by atoms with Crippen molar-refractivity contribution in [2.45, 2.75) is 59.3 Å². The maximum atomic E-state index is 12.7. The van der Waals surface area contributed by atoms with Gasteiger partial charge in [-0.25, -0.2) is 14.5 Å². The van der Waals surface area contributed by atoms with Crippen molar-refractivity contribution in [3.8, 4) is 0 Å². The Morgan fingerprint density at radius 3 is 2.41 bits per heavy atom. The van der Waals surface area contributed by atoms with Gasteiger partial charge in [0, 0.05) is 12.0 Å². The summed E-state index contributed by atoms with van der Waals surface area (Å²) in [5.74, 6) is -1.01. The van der Waals surface area contributed by atoms with E-state index in [1.54, 1.807) is 26.8 Å². The van der Waals surface area contributed by atoms with Gasteiger partial charge in [-0.1, -0.05) is 50.3 Å². The maximum absolute atomic E-state index is 12.7. The molecule has 1 saturated heterocycles. The average Bonchev–Trinajstić information content (AvgIpc) is 2.88. The monoisotopic (exact) mass is 373 g/mol. The van der Waals surface area contributed by atoms with Gasteiger partial charge in [0.2, 0.25) is 0 Å². The minimum Gasteiger partial charge on any atom is -0.459 e. The van der Waals surface area contributed by atoms with Crippen LogP contribution in [0, 0.1) is 5.92 Å². The number of rotatable bonds is 4. The Morgan fingerprint density at radius 1 is 1.22 bits per heavy atom. The molecule has 1 aromatic carbocycles. The van der Waals surface area contributed by atoms with Crippen molar-refractivity contribution in [1.82, 2.24) is 4.90 Å². The Hall–Kier alpha value is -2.63. The molecule has 2 amide bonds. The largest absolute Gasteiger partial charge is 0.459 e. The van der Waals surface area contributed by atoms with Gasteiger partial charge in [0.1, 0.15) is 18.2 Å². The highest BCUT2D eigenvalue weighted by molar-refractivity contribution is 6.08. The number of hydrogen-bond acceptors (Lipinski definition) is 5. The summed E-state index contributed by atoms with van der Waals surface area (Å²) in [6.07, 6.45) is 1.06. The zero-order valence-corrected chi connectivity index (χ0v) is 16.5. The fourth-order valence-electron chi connectivity index (χ4n) is 2.76. The van der Waals surface area contributed by atoms with E-state index in [-0.39, 0.29) is 18.9 Å². The Morgan fingerprint density at radius 2 is 1.85 bits per heavy atom. The number of ether oxygens (including phenoxy) is 2. The second-order valence-corrected chi connectivity index (χ2v) is 7.90. The first-order valence-corrected chi connectivity index (χ1v) is 9.06. The van der Waals surface area contributed by atoms with E-state index in [9.17, 15) is 14.4 Å². The van der Waals surface area contributed by atoms with Gasteiger partial charge in [-0.2, -0.15) is 0 Å². The topological polar surface area (TPSA) is 72.9 Å². The first-order chi connectivity index (χ1) is 12.6. The molecule has 146 valence electrons. The van der Waals surface area contributed by atoms with E-state index in [0.717, 1.165) is 10.5 Å². The number of imide groups is 1. The van der Waals surface area contributed by atoms with Crippen LogP contribution >= 0.6 is 0 Å². The van der Waals surface area contributed by atoms with Gasteiger partial charge < -0.3 is 9.47 Å². The molecule has 6 heteroatoms. The lowest BCUT2D eigenvalue weighted by atomic mass is 10.1. The van der Waals surface area contributed by atoms with Crippen LogP contribution in [0.1, 0.15) is 46.6 Å². The molecule has 1 aromatic rings. The SMILES string of the molecule is CC(C)C=C1C[C@@H](C(=O)OCc2ccccc2)N(C(=O)OC(C)(C)C)C1=O. The van der Waals surface area contributed by atoms with Crippen LogP contribution in [-0.2, 0) is 25.7 Å². The summed E-state index contributed by atoms with van der Waals surface area (Å²) < 4.78 is 10.7. The molecule has 2 rings (SSSR count). The van der Waals surface area contributed by atoms with Crippen LogP contribution in [0.3, 0.4) is 0 Å². The Kier molecular flexibility index (Phi) is 6.41. The summed E-state index contributed by atoms with van der Waals surface area (Å²) in [6, 6.07) is 8.22. The fourth-order valence-corrected chi connectivity index (χ4v) is 2.76. The van der Waals surface area contributed by atoms with Gasteiger partial charge in [0.15, 0.2) is 0 Å². The molecule has 1 aliphatic heterocycles. The molecule has 1 atom stereocenters. The number of carbonyl (C=O) groups excluding carboxylic acids is 3. The zero-order chi connectivity index (χ0) is 20.2. The lowest BCUT2D eigenvalue weighted by Gasteiger charge is -2.26. The zero-order valence-electron chi connectivity index (χ0n) is 16.5. The van der Waals surface area contributed by atoms with E-state index in [2.05, 4.69) is 0 Å². The van der Waals surface area contributed by atoms with Crippen molar-refractivity contribution in [2.75, 3.05) is 0 Å². The van der Waals surface area contributed by atoms with Gasteiger partial charge in [-0.3, -0.25) is 4.79 Å². The number of benzene rings is 1. The third-order valence-corrected chi connectivity index (χ3v) is 3.84. The number of esters is 1. The molecule has 1 fully saturated rings. The highest BCUT2D eigenvalue weighted by atomic mass is 16.6. The summed E-state index contributed by atoms with van der Waals surface area (Å²) in [4.78, 5) is 38.8. The van der Waals surface area contributed by atoms with Crippen LogP contribution in [-0.4, -0.2) is 34.5 Å². The minimum absolute atomic E-state index is 0.0791. The first kappa shape index (κ1) is 20.7. The second-order valence-electron chi connectivity index (χ2n) is 7.90. The third kappa shape index (κ3) is 5.67. The molecule has 0 radical (unpaired) electrons. The van der Waals surface area contributed by atoms with Crippen molar-refractivity contribution in [3.05, 3.63) is 47.5 Å². The van der Waals surface area contributed by atoms with E-state index in [4.69, 9.17) is 9.47 Å². The van der Waals surface area contributed by atoms with Crippen LogP contribution < -0.4 is 0 Å². The number of likely N-dealkylation sites (tertiary alicyclic amines) is 1. The number of amides is 2. The molecular weight excluding hydrogens is 346 g/mol.